The van der Waals surface area contributed by atoms with Gasteiger partial charge in [-0.2, -0.15) is 4.98 Å². The fourth-order valence-corrected chi connectivity index (χ4v) is 5.01. The van der Waals surface area contributed by atoms with Gasteiger partial charge in [0.15, 0.2) is 0 Å². The van der Waals surface area contributed by atoms with Gasteiger partial charge in [0, 0.05) is 45.0 Å². The zero-order chi connectivity index (χ0) is 25.8. The Labute approximate surface area is 213 Å². The summed E-state index contributed by atoms with van der Waals surface area (Å²) in [6.45, 7) is 15.9. The molecule has 9 heteroatoms. The van der Waals surface area contributed by atoms with E-state index in [9.17, 15) is 9.59 Å². The first-order chi connectivity index (χ1) is 17.3. The molecule has 2 atom stereocenters. The van der Waals surface area contributed by atoms with Crippen LogP contribution in [0.5, 0.6) is 0 Å². The zero-order valence-electron chi connectivity index (χ0n) is 21.6. The van der Waals surface area contributed by atoms with Crippen LogP contribution in [0.15, 0.2) is 43.1 Å². The van der Waals surface area contributed by atoms with E-state index in [1.165, 1.54) is 16.5 Å². The van der Waals surface area contributed by atoms with Gasteiger partial charge in [0.05, 0.1) is 11.6 Å². The molecule has 0 spiro atoms. The number of benzene rings is 1. The Morgan fingerprint density at radius 3 is 2.42 bits per heavy atom. The van der Waals surface area contributed by atoms with E-state index >= 15 is 0 Å². The Balaban J connectivity index is 1.44. The summed E-state index contributed by atoms with van der Waals surface area (Å²) in [4.78, 5) is 38.9. The highest BCUT2D eigenvalue weighted by Gasteiger charge is 2.29. The van der Waals surface area contributed by atoms with Crippen molar-refractivity contribution >= 4 is 23.8 Å². The highest BCUT2D eigenvalue weighted by molar-refractivity contribution is 5.89. The second-order valence-corrected chi connectivity index (χ2v) is 9.63. The van der Waals surface area contributed by atoms with Gasteiger partial charge in [0.25, 0.3) is 0 Å². The third kappa shape index (κ3) is 5.36. The van der Waals surface area contributed by atoms with Gasteiger partial charge >= 0.3 is 6.09 Å². The number of anilines is 2. The Hall–Kier alpha value is -3.46. The Morgan fingerprint density at radius 1 is 1.14 bits per heavy atom. The number of aromatic nitrogens is 2. The summed E-state index contributed by atoms with van der Waals surface area (Å²) in [7, 11) is 0. The number of amides is 2. The highest BCUT2D eigenvalue weighted by Crippen LogP contribution is 2.31. The smallest absolute Gasteiger partial charge is 0.415 e. The predicted molar refractivity (Wildman–Crippen MR) is 140 cm³/mol. The molecule has 9 nitrogen and oxygen atoms in total. The topological polar surface area (TPSA) is 90.9 Å². The largest absolute Gasteiger partial charge is 0.444 e. The molecular formula is C27H36N6O3. The van der Waals surface area contributed by atoms with Gasteiger partial charge in [-0.1, -0.05) is 44.7 Å². The van der Waals surface area contributed by atoms with E-state index in [0.717, 1.165) is 37.3 Å². The second kappa shape index (κ2) is 11.1. The van der Waals surface area contributed by atoms with E-state index < -0.39 is 0 Å². The van der Waals surface area contributed by atoms with Gasteiger partial charge in [0.1, 0.15) is 12.4 Å². The number of cyclic esters (lactones) is 1. The molecule has 192 valence electrons. The van der Waals surface area contributed by atoms with Crippen molar-refractivity contribution in [1.29, 1.82) is 0 Å². The monoisotopic (exact) mass is 492 g/mol. The Kier molecular flexibility index (Phi) is 7.88. The number of hydrogen-bond acceptors (Lipinski definition) is 7. The van der Waals surface area contributed by atoms with Crippen LogP contribution >= 0.6 is 0 Å². The maximum absolute atomic E-state index is 12.1. The van der Waals surface area contributed by atoms with Crippen molar-refractivity contribution in [3.63, 3.8) is 0 Å². The van der Waals surface area contributed by atoms with Crippen molar-refractivity contribution in [2.24, 2.45) is 5.92 Å². The minimum absolute atomic E-state index is 0.00632. The van der Waals surface area contributed by atoms with Crippen molar-refractivity contribution in [2.45, 2.75) is 46.4 Å². The summed E-state index contributed by atoms with van der Waals surface area (Å²) in [6, 6.07) is 8.95. The van der Waals surface area contributed by atoms with Gasteiger partial charge in [-0.15, -0.1) is 0 Å². The normalized spacial score (nSPS) is 17.9. The summed E-state index contributed by atoms with van der Waals surface area (Å²) in [6.07, 6.45) is 2.73. The molecule has 1 aromatic heterocycles. The standard InChI is InChI=1S/C27H36N6O3/c1-6-23(34)31-12-14-32(15-13-31)24(18(3)4)21-10-8-20(9-11-21)19(5)29-26-28-16-22-17-36-27(35)33(7-2)25(22)30-26/h6,8-11,16,18-19,24H,1,7,12-15,17H2,2-5H3,(H,28,29,30)/t19-,24?/m0/s1. The molecule has 0 bridgehead atoms. The lowest BCUT2D eigenvalue weighted by Crippen LogP contribution is -2.50. The molecule has 1 N–H and O–H groups in total. The summed E-state index contributed by atoms with van der Waals surface area (Å²) in [5.41, 5.74) is 3.19. The molecule has 1 fully saturated rings. The fourth-order valence-electron chi connectivity index (χ4n) is 5.01. The number of nitrogens with zero attached hydrogens (tertiary/aromatic N) is 5. The second-order valence-electron chi connectivity index (χ2n) is 9.63. The lowest BCUT2D eigenvalue weighted by molar-refractivity contribution is -0.128. The molecular weight excluding hydrogens is 456 g/mol. The minimum Gasteiger partial charge on any atom is -0.444 e. The van der Waals surface area contributed by atoms with Crippen molar-refractivity contribution in [2.75, 3.05) is 42.9 Å². The minimum atomic E-state index is -0.383. The predicted octanol–water partition coefficient (Wildman–Crippen LogP) is 4.15. The van der Waals surface area contributed by atoms with Gasteiger partial charge in [0.2, 0.25) is 11.9 Å². The average molecular weight is 493 g/mol. The molecule has 2 aromatic rings. The van der Waals surface area contributed by atoms with E-state index in [-0.39, 0.29) is 30.7 Å². The number of rotatable bonds is 8. The molecule has 0 saturated carbocycles. The molecule has 4 rings (SSSR count). The summed E-state index contributed by atoms with van der Waals surface area (Å²) in [5, 5.41) is 3.37. The van der Waals surface area contributed by atoms with Gasteiger partial charge < -0.3 is 15.0 Å². The van der Waals surface area contributed by atoms with E-state index in [1.54, 1.807) is 6.20 Å². The van der Waals surface area contributed by atoms with Crippen molar-refractivity contribution in [1.82, 2.24) is 19.8 Å². The Bertz CT molecular complexity index is 1100. The van der Waals surface area contributed by atoms with Crippen LogP contribution in [-0.4, -0.2) is 64.5 Å². The summed E-state index contributed by atoms with van der Waals surface area (Å²) in [5.74, 6) is 1.52. The van der Waals surface area contributed by atoms with Crippen LogP contribution in [0.1, 0.15) is 56.5 Å². The molecule has 2 aliphatic heterocycles. The molecule has 0 aliphatic carbocycles. The van der Waals surface area contributed by atoms with Gasteiger partial charge in [-0.05, 0) is 37.0 Å². The number of carbonyl (C=O) groups is 2. The Morgan fingerprint density at radius 2 is 1.81 bits per heavy atom. The molecule has 36 heavy (non-hydrogen) atoms. The zero-order valence-corrected chi connectivity index (χ0v) is 21.6. The van der Waals surface area contributed by atoms with Crippen LogP contribution in [-0.2, 0) is 16.1 Å². The molecule has 1 unspecified atom stereocenters. The van der Waals surface area contributed by atoms with Crippen LogP contribution < -0.4 is 10.2 Å². The van der Waals surface area contributed by atoms with Crippen LogP contribution in [0.3, 0.4) is 0 Å². The van der Waals surface area contributed by atoms with E-state index in [1.807, 2.05) is 11.8 Å². The maximum Gasteiger partial charge on any atom is 0.415 e. The number of carbonyl (C=O) groups excluding carboxylic acids is 2. The molecule has 1 saturated heterocycles. The average Bonchev–Trinajstić information content (AvgIpc) is 2.89. The van der Waals surface area contributed by atoms with Crippen molar-refractivity contribution in [3.05, 3.63) is 59.8 Å². The van der Waals surface area contributed by atoms with Crippen LogP contribution in [0.2, 0.25) is 0 Å². The molecule has 0 radical (unpaired) electrons. The third-order valence-electron chi connectivity index (χ3n) is 6.93. The van der Waals surface area contributed by atoms with Gasteiger partial charge in [-0.25, -0.2) is 9.78 Å². The molecule has 1 aromatic carbocycles. The lowest BCUT2D eigenvalue weighted by atomic mass is 9.92. The molecule has 2 aliphatic rings. The number of nitrogens with one attached hydrogen (secondary N) is 1. The van der Waals surface area contributed by atoms with E-state index in [0.29, 0.717) is 24.2 Å². The lowest BCUT2D eigenvalue weighted by Gasteiger charge is -2.41. The first-order valence-corrected chi connectivity index (χ1v) is 12.6. The van der Waals surface area contributed by atoms with Crippen molar-refractivity contribution < 1.29 is 14.3 Å². The molecule has 2 amide bonds. The first kappa shape index (κ1) is 25.6. The summed E-state index contributed by atoms with van der Waals surface area (Å²) < 4.78 is 5.17. The fraction of sp³-hybridized carbons (Fsp3) is 0.481. The number of hydrogen-bond donors (Lipinski definition) is 1. The first-order valence-electron chi connectivity index (χ1n) is 12.6. The highest BCUT2D eigenvalue weighted by atomic mass is 16.6. The molecule has 3 heterocycles. The number of ether oxygens (including phenoxy) is 1. The van der Waals surface area contributed by atoms with Gasteiger partial charge in [-0.3, -0.25) is 14.6 Å². The quantitative estimate of drug-likeness (QED) is 0.554. The van der Waals surface area contributed by atoms with Crippen LogP contribution in [0.25, 0.3) is 0 Å². The van der Waals surface area contributed by atoms with Crippen LogP contribution in [0, 0.1) is 5.92 Å². The van der Waals surface area contributed by atoms with Crippen LogP contribution in [0.4, 0.5) is 16.6 Å². The van der Waals surface area contributed by atoms with Crippen molar-refractivity contribution in [3.8, 4) is 0 Å². The number of fused-ring (bicyclic) bond motifs is 1. The summed E-state index contributed by atoms with van der Waals surface area (Å²) >= 11 is 0. The van der Waals surface area contributed by atoms with E-state index in [4.69, 9.17) is 4.74 Å². The maximum atomic E-state index is 12.1. The third-order valence-corrected chi connectivity index (χ3v) is 6.93. The SMILES string of the molecule is C=CC(=O)N1CCN(C(c2ccc([C@H](C)Nc3ncc4c(n3)N(CC)C(=O)OC4)cc2)C(C)C)CC1. The van der Waals surface area contributed by atoms with E-state index in [2.05, 4.69) is 71.8 Å². The number of piperazine rings is 1.